The predicted molar refractivity (Wildman–Crippen MR) is 91.8 cm³/mol. The van der Waals surface area contributed by atoms with Gasteiger partial charge in [0.05, 0.1) is 12.6 Å². The van der Waals surface area contributed by atoms with Crippen LogP contribution in [-0.4, -0.2) is 61.0 Å². The molecule has 0 radical (unpaired) electrons. The van der Waals surface area contributed by atoms with Crippen LogP contribution in [0.4, 0.5) is 11.4 Å². The first-order valence-corrected chi connectivity index (χ1v) is 8.29. The van der Waals surface area contributed by atoms with Crippen molar-refractivity contribution in [3.05, 3.63) is 24.3 Å². The molecule has 0 aromatic heterocycles. The quantitative estimate of drug-likeness (QED) is 0.788. The highest BCUT2D eigenvalue weighted by Crippen LogP contribution is 2.22. The molecule has 24 heavy (non-hydrogen) atoms. The van der Waals surface area contributed by atoms with Gasteiger partial charge in [0.2, 0.25) is 5.91 Å². The Labute approximate surface area is 141 Å². The number of hydrogen-bond acceptors (Lipinski definition) is 5. The van der Waals surface area contributed by atoms with Crippen LogP contribution in [0, 0.1) is 0 Å². The van der Waals surface area contributed by atoms with Crippen molar-refractivity contribution >= 4 is 30.2 Å². The number of morpholine rings is 1. The van der Waals surface area contributed by atoms with Gasteiger partial charge >= 0.3 is 7.05 Å². The number of nitrogens with zero attached hydrogens (tertiary/aromatic N) is 2. The topological polar surface area (TPSA) is 82.1 Å². The Morgan fingerprint density at radius 2 is 2.08 bits per heavy atom. The van der Waals surface area contributed by atoms with Gasteiger partial charge in [-0.25, -0.2) is 0 Å². The second-order valence-electron chi connectivity index (χ2n) is 6.16. The third-order valence-corrected chi connectivity index (χ3v) is 4.51. The Morgan fingerprint density at radius 3 is 2.75 bits per heavy atom. The number of rotatable bonds is 4. The minimum absolute atomic E-state index is 0.0587. The first-order valence-electron chi connectivity index (χ1n) is 8.29. The molecule has 0 aliphatic carbocycles. The second-order valence-corrected chi connectivity index (χ2v) is 6.16. The third-order valence-electron chi connectivity index (χ3n) is 4.51. The first kappa shape index (κ1) is 16.9. The molecular formula is C16H22BN3O4. The zero-order valence-electron chi connectivity index (χ0n) is 13.8. The highest BCUT2D eigenvalue weighted by molar-refractivity contribution is 6.46. The standard InChI is InChI=1S/C16H22BN3O4/c1-17(23)20-8-2-3-14(20)16(22)18-12-4-6-13(7-5-12)19-9-10-24-11-15(19)21/h4-7,14,23H,2-3,8-11H2,1H3,(H,18,22)/t14-/m1/s1. The number of carbonyl (C=O) groups is 2. The van der Waals surface area contributed by atoms with E-state index in [1.165, 1.54) is 0 Å². The summed E-state index contributed by atoms with van der Waals surface area (Å²) in [5.41, 5.74) is 1.48. The van der Waals surface area contributed by atoms with Gasteiger partial charge in [0.15, 0.2) is 0 Å². The molecule has 2 amide bonds. The summed E-state index contributed by atoms with van der Waals surface area (Å²) in [6, 6.07) is 6.92. The fourth-order valence-corrected chi connectivity index (χ4v) is 3.26. The van der Waals surface area contributed by atoms with E-state index in [9.17, 15) is 14.6 Å². The molecule has 1 aromatic rings. The average Bonchev–Trinajstić information content (AvgIpc) is 3.06. The van der Waals surface area contributed by atoms with Crippen molar-refractivity contribution in [1.29, 1.82) is 0 Å². The highest BCUT2D eigenvalue weighted by Gasteiger charge is 2.34. The summed E-state index contributed by atoms with van der Waals surface area (Å²) in [6.07, 6.45) is 1.65. The summed E-state index contributed by atoms with van der Waals surface area (Å²) in [5, 5.41) is 12.6. The summed E-state index contributed by atoms with van der Waals surface area (Å²) in [5.74, 6) is -0.167. The molecule has 0 spiro atoms. The summed E-state index contributed by atoms with van der Waals surface area (Å²) >= 11 is 0. The van der Waals surface area contributed by atoms with Gasteiger partial charge in [-0.3, -0.25) is 9.59 Å². The van der Waals surface area contributed by atoms with E-state index in [0.717, 1.165) is 25.1 Å². The van der Waals surface area contributed by atoms with Gasteiger partial charge in [-0.15, -0.1) is 0 Å². The lowest BCUT2D eigenvalue weighted by molar-refractivity contribution is -0.125. The minimum atomic E-state index is -0.627. The van der Waals surface area contributed by atoms with E-state index in [1.54, 1.807) is 28.7 Å². The van der Waals surface area contributed by atoms with Crippen molar-refractivity contribution in [2.45, 2.75) is 25.7 Å². The number of anilines is 2. The monoisotopic (exact) mass is 331 g/mol. The lowest BCUT2D eigenvalue weighted by Gasteiger charge is -2.27. The molecule has 2 aliphatic rings. The Hall–Kier alpha value is -1.90. The van der Waals surface area contributed by atoms with Crippen LogP contribution in [0.5, 0.6) is 0 Å². The molecule has 128 valence electrons. The maximum Gasteiger partial charge on any atom is 0.377 e. The van der Waals surface area contributed by atoms with E-state index in [1.807, 2.05) is 12.1 Å². The molecule has 0 saturated carbocycles. The van der Waals surface area contributed by atoms with E-state index >= 15 is 0 Å². The third kappa shape index (κ3) is 3.61. The molecule has 2 saturated heterocycles. The normalized spacial score (nSPS) is 21.8. The zero-order valence-corrected chi connectivity index (χ0v) is 13.8. The summed E-state index contributed by atoms with van der Waals surface area (Å²) < 4.78 is 5.12. The molecule has 1 aromatic carbocycles. The number of amides is 2. The van der Waals surface area contributed by atoms with E-state index in [0.29, 0.717) is 18.8 Å². The summed E-state index contributed by atoms with van der Waals surface area (Å²) in [6.45, 7) is 3.58. The molecule has 2 fully saturated rings. The van der Waals surface area contributed by atoms with Gasteiger partial charge in [-0.2, -0.15) is 0 Å². The molecule has 0 bridgehead atoms. The van der Waals surface area contributed by atoms with Gasteiger partial charge in [0.25, 0.3) is 5.91 Å². The van der Waals surface area contributed by atoms with Crippen LogP contribution in [0.25, 0.3) is 0 Å². The first-order chi connectivity index (χ1) is 11.6. The Balaban J connectivity index is 1.63. The molecule has 3 rings (SSSR count). The molecule has 8 heteroatoms. The number of carbonyl (C=O) groups excluding carboxylic acids is 2. The Morgan fingerprint density at radius 1 is 1.33 bits per heavy atom. The van der Waals surface area contributed by atoms with Gasteiger partial charge in [-0.05, 0) is 50.5 Å². The summed E-state index contributed by atoms with van der Waals surface area (Å²) in [4.78, 5) is 27.7. The molecule has 0 unspecified atom stereocenters. The van der Waals surface area contributed by atoms with Crippen molar-refractivity contribution in [1.82, 2.24) is 4.81 Å². The lowest BCUT2D eigenvalue weighted by Crippen LogP contribution is -2.46. The molecule has 2 aliphatic heterocycles. The van der Waals surface area contributed by atoms with Crippen LogP contribution in [0.2, 0.25) is 6.82 Å². The largest absolute Gasteiger partial charge is 0.437 e. The van der Waals surface area contributed by atoms with E-state index in [-0.39, 0.29) is 24.5 Å². The zero-order chi connectivity index (χ0) is 17.1. The van der Waals surface area contributed by atoms with Crippen LogP contribution < -0.4 is 10.2 Å². The highest BCUT2D eigenvalue weighted by atomic mass is 16.5. The molecule has 1 atom stereocenters. The lowest BCUT2D eigenvalue weighted by atomic mass is 9.84. The van der Waals surface area contributed by atoms with Crippen molar-refractivity contribution in [2.75, 3.05) is 36.5 Å². The van der Waals surface area contributed by atoms with Crippen LogP contribution in [-0.2, 0) is 14.3 Å². The van der Waals surface area contributed by atoms with E-state index in [4.69, 9.17) is 4.74 Å². The Kier molecular flexibility index (Phi) is 5.18. The van der Waals surface area contributed by atoms with E-state index in [2.05, 4.69) is 5.32 Å². The smallest absolute Gasteiger partial charge is 0.377 e. The van der Waals surface area contributed by atoms with Crippen molar-refractivity contribution in [2.24, 2.45) is 0 Å². The van der Waals surface area contributed by atoms with Gasteiger partial charge in [-0.1, -0.05) is 0 Å². The maximum absolute atomic E-state index is 12.4. The van der Waals surface area contributed by atoms with E-state index < -0.39 is 7.05 Å². The van der Waals surface area contributed by atoms with Gasteiger partial charge in [0.1, 0.15) is 6.61 Å². The van der Waals surface area contributed by atoms with Crippen molar-refractivity contribution in [3.8, 4) is 0 Å². The molecule has 2 heterocycles. The second kappa shape index (κ2) is 7.33. The predicted octanol–water partition coefficient (Wildman–Crippen LogP) is 0.563. The number of benzene rings is 1. The fraction of sp³-hybridized carbons (Fsp3) is 0.500. The van der Waals surface area contributed by atoms with Crippen molar-refractivity contribution in [3.63, 3.8) is 0 Å². The number of ether oxygens (including phenoxy) is 1. The molecule has 7 nitrogen and oxygen atoms in total. The van der Waals surface area contributed by atoms with Gasteiger partial charge in [0, 0.05) is 17.9 Å². The van der Waals surface area contributed by atoms with Crippen LogP contribution in [0.3, 0.4) is 0 Å². The number of nitrogens with one attached hydrogen (secondary N) is 1. The molecular weight excluding hydrogens is 309 g/mol. The molecule has 2 N–H and O–H groups in total. The summed E-state index contributed by atoms with van der Waals surface area (Å²) in [7, 11) is -0.627. The number of hydrogen-bond donors (Lipinski definition) is 2. The Bertz CT molecular complexity index is 608. The van der Waals surface area contributed by atoms with Crippen LogP contribution >= 0.6 is 0 Å². The minimum Gasteiger partial charge on any atom is -0.437 e. The maximum atomic E-state index is 12.4. The SMILES string of the molecule is CB(O)N1CCC[C@@H]1C(=O)Nc1ccc(N2CCOCC2=O)cc1. The fourth-order valence-electron chi connectivity index (χ4n) is 3.26. The van der Waals surface area contributed by atoms with Crippen molar-refractivity contribution < 1.29 is 19.3 Å². The van der Waals surface area contributed by atoms with Crippen LogP contribution in [0.1, 0.15) is 12.8 Å². The van der Waals surface area contributed by atoms with Gasteiger partial charge < -0.3 is 24.8 Å². The van der Waals surface area contributed by atoms with Crippen LogP contribution in [0.15, 0.2) is 24.3 Å². The average molecular weight is 331 g/mol.